The quantitative estimate of drug-likeness (QED) is 0.486. The predicted octanol–water partition coefficient (Wildman–Crippen LogP) is 3.62. The first-order chi connectivity index (χ1) is 11.8. The average Bonchev–Trinajstić information content (AvgIpc) is 2.54. The minimum atomic E-state index is -0.872. The first-order valence-corrected chi connectivity index (χ1v) is 7.67. The third kappa shape index (κ3) is 4.65. The summed E-state index contributed by atoms with van der Waals surface area (Å²) >= 11 is 10.9. The van der Waals surface area contributed by atoms with Crippen LogP contribution >= 0.6 is 23.2 Å². The summed E-state index contributed by atoms with van der Waals surface area (Å²) in [4.78, 5) is 46.4. The van der Waals surface area contributed by atoms with Crippen LogP contribution in [0.4, 0.5) is 5.69 Å². The number of nitrogens with one attached hydrogen (secondary N) is 1. The number of amides is 1. The number of rotatable bonds is 5. The highest BCUT2D eigenvalue weighted by molar-refractivity contribution is 6.69. The smallest absolute Gasteiger partial charge is 0.308 e. The van der Waals surface area contributed by atoms with Crippen molar-refractivity contribution in [3.05, 3.63) is 59.2 Å². The Morgan fingerprint density at radius 3 is 2.20 bits per heavy atom. The normalized spacial score (nSPS) is 10.0. The van der Waals surface area contributed by atoms with Crippen molar-refractivity contribution in [2.45, 2.75) is 6.92 Å². The molecule has 0 bridgehead atoms. The van der Waals surface area contributed by atoms with E-state index in [1.807, 2.05) is 0 Å². The number of para-hydroxylation sites is 1. The number of hydrogen-bond donors (Lipinski definition) is 1. The molecule has 0 heterocycles. The minimum Gasteiger partial charge on any atom is -0.426 e. The van der Waals surface area contributed by atoms with Gasteiger partial charge in [0, 0.05) is 12.5 Å². The fourth-order valence-corrected chi connectivity index (χ4v) is 2.30. The number of esters is 1. The number of carbonyl (C=O) groups excluding carboxylic acids is 4. The topological polar surface area (TPSA) is 89.5 Å². The zero-order valence-electron chi connectivity index (χ0n) is 12.8. The van der Waals surface area contributed by atoms with Crippen molar-refractivity contribution in [3.63, 3.8) is 0 Å². The molecule has 1 N–H and O–H groups in total. The van der Waals surface area contributed by atoms with Crippen LogP contribution in [0.2, 0.25) is 0 Å². The summed E-state index contributed by atoms with van der Waals surface area (Å²) in [6.07, 6.45) is 0. The summed E-state index contributed by atoms with van der Waals surface area (Å²) in [5.74, 6) is -1.14. The molecule has 0 aliphatic heterocycles. The molecule has 25 heavy (non-hydrogen) atoms. The van der Waals surface area contributed by atoms with Crippen LogP contribution in [-0.2, 0) is 4.79 Å². The first kappa shape index (κ1) is 18.6. The van der Waals surface area contributed by atoms with Gasteiger partial charge in [0.1, 0.15) is 5.75 Å². The molecule has 0 fully saturated rings. The Kier molecular flexibility index (Phi) is 5.90. The summed E-state index contributed by atoms with van der Waals surface area (Å²) < 4.78 is 4.98. The van der Waals surface area contributed by atoms with Gasteiger partial charge in [0.05, 0.1) is 16.8 Å². The van der Waals surface area contributed by atoms with Gasteiger partial charge in [-0.05, 0) is 53.5 Å². The van der Waals surface area contributed by atoms with Crippen LogP contribution < -0.4 is 10.1 Å². The lowest BCUT2D eigenvalue weighted by Crippen LogP contribution is -2.16. The van der Waals surface area contributed by atoms with Gasteiger partial charge < -0.3 is 10.1 Å². The van der Waals surface area contributed by atoms with Crippen molar-refractivity contribution in [2.75, 3.05) is 5.32 Å². The molecule has 0 atom stereocenters. The second kappa shape index (κ2) is 7.92. The number of ether oxygens (including phenoxy) is 1. The van der Waals surface area contributed by atoms with E-state index in [4.69, 9.17) is 27.9 Å². The van der Waals surface area contributed by atoms with Crippen molar-refractivity contribution in [2.24, 2.45) is 0 Å². The van der Waals surface area contributed by atoms with Crippen LogP contribution in [0.1, 0.15) is 38.0 Å². The molecule has 6 nitrogen and oxygen atoms in total. The number of halogens is 2. The molecule has 2 aromatic rings. The highest BCUT2D eigenvalue weighted by Gasteiger charge is 2.18. The van der Waals surface area contributed by atoms with Gasteiger partial charge >= 0.3 is 5.97 Å². The zero-order chi connectivity index (χ0) is 18.6. The second-order valence-electron chi connectivity index (χ2n) is 4.85. The lowest BCUT2D eigenvalue weighted by Gasteiger charge is -2.12. The van der Waals surface area contributed by atoms with E-state index in [-0.39, 0.29) is 28.1 Å². The molecule has 0 aliphatic rings. The van der Waals surface area contributed by atoms with Crippen molar-refractivity contribution in [1.82, 2.24) is 0 Å². The van der Waals surface area contributed by atoms with E-state index in [0.29, 0.717) is 0 Å². The van der Waals surface area contributed by atoms with Gasteiger partial charge in [0.25, 0.3) is 16.4 Å². The number of hydrogen-bond acceptors (Lipinski definition) is 5. The Morgan fingerprint density at radius 2 is 1.60 bits per heavy atom. The molecule has 8 heteroatoms. The second-order valence-corrected chi connectivity index (χ2v) is 5.54. The van der Waals surface area contributed by atoms with E-state index in [0.717, 1.165) is 0 Å². The molecule has 0 unspecified atom stereocenters. The molecule has 0 saturated heterocycles. The van der Waals surface area contributed by atoms with Gasteiger partial charge in [-0.1, -0.05) is 12.1 Å². The fraction of sp³-hybridized carbons (Fsp3) is 0.0588. The molecular formula is C17H11Cl2NO5. The van der Waals surface area contributed by atoms with Gasteiger partial charge in [-0.25, -0.2) is 0 Å². The molecule has 0 aromatic heterocycles. The monoisotopic (exact) mass is 379 g/mol. The summed E-state index contributed by atoms with van der Waals surface area (Å²) in [6, 6.07) is 9.95. The van der Waals surface area contributed by atoms with Crippen molar-refractivity contribution in [1.29, 1.82) is 0 Å². The Bertz CT molecular complexity index is 879. The maximum absolute atomic E-state index is 12.5. The van der Waals surface area contributed by atoms with Crippen LogP contribution in [0, 0.1) is 0 Å². The van der Waals surface area contributed by atoms with E-state index in [9.17, 15) is 19.2 Å². The van der Waals surface area contributed by atoms with Crippen LogP contribution in [-0.4, -0.2) is 22.4 Å². The van der Waals surface area contributed by atoms with E-state index in [2.05, 4.69) is 5.32 Å². The van der Waals surface area contributed by atoms with Crippen molar-refractivity contribution < 1.29 is 23.9 Å². The molecule has 0 radical (unpaired) electrons. The molecule has 0 spiro atoms. The minimum absolute atomic E-state index is 0.0592. The number of anilines is 1. The fourth-order valence-electron chi connectivity index (χ4n) is 2.03. The maximum atomic E-state index is 12.5. The Hall–Kier alpha value is -2.70. The van der Waals surface area contributed by atoms with Crippen molar-refractivity contribution >= 4 is 51.3 Å². The summed E-state index contributed by atoms with van der Waals surface area (Å²) in [6.45, 7) is 1.21. The molecule has 0 aliphatic carbocycles. The number of benzene rings is 2. The van der Waals surface area contributed by atoms with E-state index in [1.165, 1.54) is 37.3 Å². The van der Waals surface area contributed by atoms with E-state index < -0.39 is 22.4 Å². The van der Waals surface area contributed by atoms with Gasteiger partial charge in [-0.2, -0.15) is 0 Å². The van der Waals surface area contributed by atoms with E-state index in [1.54, 1.807) is 12.1 Å². The van der Waals surface area contributed by atoms with E-state index >= 15 is 0 Å². The average molecular weight is 380 g/mol. The summed E-state index contributed by atoms with van der Waals surface area (Å²) in [7, 11) is 0. The van der Waals surface area contributed by atoms with Crippen LogP contribution in [0.3, 0.4) is 0 Å². The van der Waals surface area contributed by atoms with Gasteiger partial charge in [-0.3, -0.25) is 19.2 Å². The Morgan fingerprint density at radius 1 is 0.920 bits per heavy atom. The molecular weight excluding hydrogens is 369 g/mol. The molecule has 2 aromatic carbocycles. The predicted molar refractivity (Wildman–Crippen MR) is 92.5 cm³/mol. The Balaban J connectivity index is 2.37. The number of carbonyl (C=O) groups is 4. The lowest BCUT2D eigenvalue weighted by atomic mass is 10.1. The highest BCUT2D eigenvalue weighted by Crippen LogP contribution is 2.24. The third-order valence-corrected chi connectivity index (χ3v) is 3.51. The Labute approximate surface area is 152 Å². The molecule has 0 saturated carbocycles. The maximum Gasteiger partial charge on any atom is 0.308 e. The summed E-state index contributed by atoms with van der Waals surface area (Å²) in [5.41, 5.74) is 0.142. The molecule has 128 valence electrons. The van der Waals surface area contributed by atoms with Gasteiger partial charge in [0.2, 0.25) is 0 Å². The molecule has 2 rings (SSSR count). The first-order valence-electron chi connectivity index (χ1n) is 6.92. The standard InChI is InChI=1S/C17H11Cl2NO5/c1-9(21)25-14-5-3-2-4-11(14)17(24)20-13-7-6-10(15(18)22)8-12(13)16(19)23/h2-8H,1H3,(H,20,24). The lowest BCUT2D eigenvalue weighted by molar-refractivity contribution is -0.131. The highest BCUT2D eigenvalue weighted by atomic mass is 35.5. The zero-order valence-corrected chi connectivity index (χ0v) is 14.4. The molecule has 1 amide bonds. The largest absolute Gasteiger partial charge is 0.426 e. The van der Waals surface area contributed by atoms with Gasteiger partial charge in [-0.15, -0.1) is 0 Å². The SMILES string of the molecule is CC(=O)Oc1ccccc1C(=O)Nc1ccc(C(=O)Cl)cc1C(=O)Cl. The summed E-state index contributed by atoms with van der Waals surface area (Å²) in [5, 5.41) is 0.860. The van der Waals surface area contributed by atoms with Crippen LogP contribution in [0.25, 0.3) is 0 Å². The van der Waals surface area contributed by atoms with Crippen molar-refractivity contribution in [3.8, 4) is 5.75 Å². The van der Waals surface area contributed by atoms with Crippen LogP contribution in [0.5, 0.6) is 5.75 Å². The third-order valence-electron chi connectivity index (χ3n) is 3.09. The van der Waals surface area contributed by atoms with Crippen LogP contribution in [0.15, 0.2) is 42.5 Å². The van der Waals surface area contributed by atoms with Gasteiger partial charge in [0.15, 0.2) is 0 Å².